The summed E-state index contributed by atoms with van der Waals surface area (Å²) in [4.78, 5) is 13.0. The fourth-order valence-electron chi connectivity index (χ4n) is 3.84. The molecule has 1 N–H and O–H groups in total. The van der Waals surface area contributed by atoms with Crippen LogP contribution in [0.1, 0.15) is 30.9 Å². The van der Waals surface area contributed by atoms with Crippen molar-refractivity contribution in [2.45, 2.75) is 37.3 Å². The Labute approximate surface area is 200 Å². The van der Waals surface area contributed by atoms with E-state index in [-0.39, 0.29) is 29.0 Å². The van der Waals surface area contributed by atoms with Gasteiger partial charge in [-0.15, -0.1) is 0 Å². The lowest BCUT2D eigenvalue weighted by Gasteiger charge is -2.35. The fourth-order valence-corrected chi connectivity index (χ4v) is 5.51. The van der Waals surface area contributed by atoms with Crippen molar-refractivity contribution in [2.75, 3.05) is 18.0 Å². The van der Waals surface area contributed by atoms with E-state index in [1.807, 2.05) is 50.2 Å². The van der Waals surface area contributed by atoms with Crippen molar-refractivity contribution in [3.63, 3.8) is 0 Å². The Kier molecular flexibility index (Phi) is 6.79. The van der Waals surface area contributed by atoms with Crippen LogP contribution in [0, 0.1) is 0 Å². The van der Waals surface area contributed by atoms with Gasteiger partial charge >= 0.3 is 0 Å². The second-order valence-corrected chi connectivity index (χ2v) is 10.2. The molecule has 0 fully saturated rings. The standard InChI is InChI=1S/C26H28N2O5S/c1-18(2)20-13-14-23(32-3)25(15-20)34(30,31)28-17-24(33-22-12-8-7-11-21(22)28)26(29)27-16-19-9-5-4-6-10-19/h4-15,18,24H,16-17H2,1-3H3,(H,27,29). The normalized spacial score (nSPS) is 15.4. The van der Waals surface area contributed by atoms with Gasteiger partial charge in [-0.3, -0.25) is 9.10 Å². The van der Waals surface area contributed by atoms with Crippen molar-refractivity contribution in [3.05, 3.63) is 83.9 Å². The second-order valence-electron chi connectivity index (χ2n) is 8.38. The molecule has 1 atom stereocenters. The van der Waals surface area contributed by atoms with Crippen LogP contribution in [0.2, 0.25) is 0 Å². The van der Waals surface area contributed by atoms with Crippen molar-refractivity contribution in [2.24, 2.45) is 0 Å². The third-order valence-corrected chi connectivity index (χ3v) is 7.56. The van der Waals surface area contributed by atoms with Gasteiger partial charge in [-0.2, -0.15) is 0 Å². The highest BCUT2D eigenvalue weighted by Crippen LogP contribution is 2.39. The lowest BCUT2D eigenvalue weighted by molar-refractivity contribution is -0.127. The third kappa shape index (κ3) is 4.72. The topological polar surface area (TPSA) is 84.9 Å². The molecule has 1 unspecified atom stereocenters. The van der Waals surface area contributed by atoms with E-state index in [9.17, 15) is 13.2 Å². The molecule has 0 saturated heterocycles. The molecule has 34 heavy (non-hydrogen) atoms. The Morgan fingerprint density at radius 1 is 1.09 bits per heavy atom. The van der Waals surface area contributed by atoms with Gasteiger partial charge in [-0.1, -0.05) is 62.4 Å². The molecule has 0 bridgehead atoms. The van der Waals surface area contributed by atoms with E-state index in [0.29, 0.717) is 18.0 Å². The first-order chi connectivity index (χ1) is 16.3. The molecule has 3 aromatic rings. The molecule has 3 aromatic carbocycles. The first-order valence-corrected chi connectivity index (χ1v) is 12.5. The number of nitrogens with zero attached hydrogens (tertiary/aromatic N) is 1. The Morgan fingerprint density at radius 2 is 1.79 bits per heavy atom. The molecule has 0 spiro atoms. The Hall–Kier alpha value is -3.52. The summed E-state index contributed by atoms with van der Waals surface area (Å²) in [6.07, 6.45) is -1.01. The molecular formula is C26H28N2O5S. The maximum atomic E-state index is 13.9. The summed E-state index contributed by atoms with van der Waals surface area (Å²) in [6, 6.07) is 21.5. The molecule has 0 aromatic heterocycles. The molecule has 7 nitrogen and oxygen atoms in total. The van der Waals surface area contributed by atoms with Crippen molar-refractivity contribution in [1.29, 1.82) is 0 Å². The van der Waals surface area contributed by atoms with Crippen LogP contribution in [0.3, 0.4) is 0 Å². The zero-order valence-corrected chi connectivity index (χ0v) is 20.2. The number of sulfonamides is 1. The van der Waals surface area contributed by atoms with E-state index in [2.05, 4.69) is 5.32 Å². The SMILES string of the molecule is COc1ccc(C(C)C)cc1S(=O)(=O)N1CC(C(=O)NCc2ccccc2)Oc2ccccc21. The van der Waals surface area contributed by atoms with Gasteiger partial charge in [-0.05, 0) is 41.3 Å². The number of rotatable bonds is 7. The van der Waals surface area contributed by atoms with Gasteiger partial charge in [0.1, 0.15) is 16.4 Å². The van der Waals surface area contributed by atoms with Gasteiger partial charge in [0.15, 0.2) is 6.10 Å². The van der Waals surface area contributed by atoms with Gasteiger partial charge in [0.05, 0.1) is 19.3 Å². The van der Waals surface area contributed by atoms with Crippen molar-refractivity contribution in [3.8, 4) is 11.5 Å². The fraction of sp³-hybridized carbons (Fsp3) is 0.269. The molecule has 8 heteroatoms. The molecular weight excluding hydrogens is 452 g/mol. The predicted octanol–water partition coefficient (Wildman–Crippen LogP) is 4.09. The first-order valence-electron chi connectivity index (χ1n) is 11.1. The Balaban J connectivity index is 1.68. The maximum Gasteiger partial charge on any atom is 0.268 e. The van der Waals surface area contributed by atoms with Crippen molar-refractivity contribution < 1.29 is 22.7 Å². The predicted molar refractivity (Wildman–Crippen MR) is 131 cm³/mol. The number of nitrogens with one attached hydrogen (secondary N) is 1. The van der Waals surface area contributed by atoms with Crippen LogP contribution in [-0.2, 0) is 21.4 Å². The number of anilines is 1. The van der Waals surface area contributed by atoms with Crippen LogP contribution < -0.4 is 19.1 Å². The molecule has 0 aliphatic carbocycles. The van der Waals surface area contributed by atoms with Crippen molar-refractivity contribution in [1.82, 2.24) is 5.32 Å². The van der Waals surface area contributed by atoms with Gasteiger partial charge in [0.2, 0.25) is 0 Å². The van der Waals surface area contributed by atoms with Crippen LogP contribution in [0.4, 0.5) is 5.69 Å². The second kappa shape index (κ2) is 9.77. The third-order valence-electron chi connectivity index (χ3n) is 5.76. The molecule has 4 rings (SSSR count). The number of carbonyl (C=O) groups is 1. The summed E-state index contributed by atoms with van der Waals surface area (Å²) in [5.74, 6) is 0.324. The highest BCUT2D eigenvalue weighted by atomic mass is 32.2. The molecule has 1 aliphatic rings. The van der Waals surface area contributed by atoms with E-state index in [0.717, 1.165) is 11.1 Å². The average Bonchev–Trinajstić information content (AvgIpc) is 2.86. The summed E-state index contributed by atoms with van der Waals surface area (Å²) >= 11 is 0. The number of hydrogen-bond donors (Lipinski definition) is 1. The van der Waals surface area contributed by atoms with E-state index in [4.69, 9.17) is 9.47 Å². The van der Waals surface area contributed by atoms with Crippen LogP contribution in [0.5, 0.6) is 11.5 Å². The number of benzene rings is 3. The zero-order valence-electron chi connectivity index (χ0n) is 19.4. The molecule has 0 radical (unpaired) electrons. The summed E-state index contributed by atoms with van der Waals surface area (Å²) < 4.78 is 40.4. The zero-order chi connectivity index (χ0) is 24.3. The van der Waals surface area contributed by atoms with E-state index < -0.39 is 16.1 Å². The number of amides is 1. The Bertz CT molecular complexity index is 1280. The Morgan fingerprint density at radius 3 is 2.50 bits per heavy atom. The number of fused-ring (bicyclic) bond motifs is 1. The average molecular weight is 481 g/mol. The number of para-hydroxylation sites is 2. The number of methoxy groups -OCH3 is 1. The highest BCUT2D eigenvalue weighted by Gasteiger charge is 2.38. The maximum absolute atomic E-state index is 13.9. The molecule has 0 saturated carbocycles. The minimum Gasteiger partial charge on any atom is -0.495 e. The molecule has 178 valence electrons. The number of carbonyl (C=O) groups excluding carboxylic acids is 1. The summed E-state index contributed by atoms with van der Waals surface area (Å²) in [5, 5.41) is 2.85. The number of ether oxygens (including phenoxy) is 2. The summed E-state index contributed by atoms with van der Waals surface area (Å²) in [6.45, 7) is 4.15. The van der Waals surface area contributed by atoms with Gasteiger partial charge in [0, 0.05) is 6.54 Å². The molecule has 1 aliphatic heterocycles. The van der Waals surface area contributed by atoms with Gasteiger partial charge < -0.3 is 14.8 Å². The summed E-state index contributed by atoms with van der Waals surface area (Å²) in [5.41, 5.74) is 2.19. The van der Waals surface area contributed by atoms with Crippen LogP contribution in [-0.4, -0.2) is 34.1 Å². The largest absolute Gasteiger partial charge is 0.495 e. The lowest BCUT2D eigenvalue weighted by Crippen LogP contribution is -2.50. The first kappa shape index (κ1) is 23.6. The minimum atomic E-state index is -4.06. The minimum absolute atomic E-state index is 0.0568. The van der Waals surface area contributed by atoms with E-state index in [1.165, 1.54) is 11.4 Å². The molecule has 1 amide bonds. The smallest absolute Gasteiger partial charge is 0.268 e. The van der Waals surface area contributed by atoms with Crippen LogP contribution in [0.15, 0.2) is 77.7 Å². The van der Waals surface area contributed by atoms with Crippen molar-refractivity contribution >= 4 is 21.6 Å². The van der Waals surface area contributed by atoms with Gasteiger partial charge in [0.25, 0.3) is 15.9 Å². The van der Waals surface area contributed by atoms with Gasteiger partial charge in [-0.25, -0.2) is 8.42 Å². The lowest BCUT2D eigenvalue weighted by atomic mass is 10.0. The van der Waals surface area contributed by atoms with E-state index >= 15 is 0 Å². The van der Waals surface area contributed by atoms with Crippen LogP contribution in [0.25, 0.3) is 0 Å². The van der Waals surface area contributed by atoms with Crippen LogP contribution >= 0.6 is 0 Å². The van der Waals surface area contributed by atoms with E-state index in [1.54, 1.807) is 36.4 Å². The molecule has 1 heterocycles. The number of hydrogen-bond acceptors (Lipinski definition) is 5. The quantitative estimate of drug-likeness (QED) is 0.551. The summed E-state index contributed by atoms with van der Waals surface area (Å²) in [7, 11) is -2.62. The monoisotopic (exact) mass is 480 g/mol. The highest BCUT2D eigenvalue weighted by molar-refractivity contribution is 7.93.